The van der Waals surface area contributed by atoms with Crippen LogP contribution in [0.1, 0.15) is 41.8 Å². The quantitative estimate of drug-likeness (QED) is 0.897. The lowest BCUT2D eigenvalue weighted by Crippen LogP contribution is -2.38. The second kappa shape index (κ2) is 7.90. The highest BCUT2D eigenvalue weighted by atomic mass is 16.5. The molecule has 1 aliphatic rings. The zero-order valence-corrected chi connectivity index (χ0v) is 14.1. The summed E-state index contributed by atoms with van der Waals surface area (Å²) < 4.78 is 5.85. The average molecular weight is 339 g/mol. The van der Waals surface area contributed by atoms with Crippen molar-refractivity contribution >= 4 is 17.5 Å². The van der Waals surface area contributed by atoms with Crippen LogP contribution in [0.4, 0.5) is 5.69 Å². The van der Waals surface area contributed by atoms with Gasteiger partial charge in [0.1, 0.15) is 0 Å². The first-order valence-corrected chi connectivity index (χ1v) is 8.32. The summed E-state index contributed by atoms with van der Waals surface area (Å²) in [5.41, 5.74) is 2.26. The van der Waals surface area contributed by atoms with Crippen LogP contribution in [0.3, 0.4) is 0 Å². The number of hydrogen-bond acceptors (Lipinski definition) is 4. The van der Waals surface area contributed by atoms with Gasteiger partial charge in [0.2, 0.25) is 5.91 Å². The van der Waals surface area contributed by atoms with E-state index in [1.54, 1.807) is 24.5 Å². The number of amides is 2. The average Bonchev–Trinajstić information content (AvgIpc) is 2.62. The van der Waals surface area contributed by atoms with Crippen molar-refractivity contribution in [3.8, 4) is 0 Å². The number of pyridine rings is 1. The third kappa shape index (κ3) is 4.64. The van der Waals surface area contributed by atoms with Crippen LogP contribution in [0.25, 0.3) is 0 Å². The van der Waals surface area contributed by atoms with Crippen molar-refractivity contribution in [2.24, 2.45) is 0 Å². The van der Waals surface area contributed by atoms with Crippen molar-refractivity contribution in [1.29, 1.82) is 0 Å². The molecule has 1 saturated heterocycles. The Labute approximate surface area is 146 Å². The van der Waals surface area contributed by atoms with Gasteiger partial charge in [0, 0.05) is 43.2 Å². The number of nitrogens with zero attached hydrogens (tertiary/aromatic N) is 1. The zero-order chi connectivity index (χ0) is 17.6. The van der Waals surface area contributed by atoms with E-state index in [1.807, 2.05) is 24.3 Å². The van der Waals surface area contributed by atoms with E-state index in [2.05, 4.69) is 15.6 Å². The molecule has 2 amide bonds. The highest BCUT2D eigenvalue weighted by Gasteiger charge is 2.24. The van der Waals surface area contributed by atoms with E-state index >= 15 is 0 Å². The Hall–Kier alpha value is -2.73. The van der Waals surface area contributed by atoms with Gasteiger partial charge in [-0.2, -0.15) is 0 Å². The number of carbonyl (C=O) groups is 2. The molecule has 0 unspecified atom stereocenters. The van der Waals surface area contributed by atoms with Crippen LogP contribution >= 0.6 is 0 Å². The molecule has 1 aliphatic heterocycles. The van der Waals surface area contributed by atoms with Crippen LogP contribution < -0.4 is 10.6 Å². The molecule has 6 heteroatoms. The van der Waals surface area contributed by atoms with Gasteiger partial charge in [0.05, 0.1) is 6.10 Å². The van der Waals surface area contributed by atoms with Crippen LogP contribution in [0.2, 0.25) is 0 Å². The van der Waals surface area contributed by atoms with E-state index in [9.17, 15) is 9.59 Å². The van der Waals surface area contributed by atoms with E-state index in [4.69, 9.17) is 4.74 Å². The molecule has 2 N–H and O–H groups in total. The number of rotatable bonds is 4. The van der Waals surface area contributed by atoms with E-state index in [0.29, 0.717) is 17.9 Å². The normalized spacial score (nSPS) is 19.9. The number of hydrogen-bond donors (Lipinski definition) is 2. The molecule has 130 valence electrons. The number of nitrogens with one attached hydrogen (secondary N) is 2. The number of aromatic nitrogens is 1. The lowest BCUT2D eigenvalue weighted by Gasteiger charge is -2.30. The maximum Gasteiger partial charge on any atom is 0.255 e. The summed E-state index contributed by atoms with van der Waals surface area (Å²) in [4.78, 5) is 27.4. The van der Waals surface area contributed by atoms with Crippen molar-refractivity contribution in [3.63, 3.8) is 0 Å². The topological polar surface area (TPSA) is 80.3 Å². The van der Waals surface area contributed by atoms with E-state index in [0.717, 1.165) is 18.4 Å². The second-order valence-electron chi connectivity index (χ2n) is 6.10. The molecule has 2 heterocycles. The Morgan fingerprint density at radius 3 is 2.76 bits per heavy atom. The summed E-state index contributed by atoms with van der Waals surface area (Å²) in [5, 5.41) is 5.84. The summed E-state index contributed by atoms with van der Waals surface area (Å²) in [6.45, 7) is 2.13. The lowest BCUT2D eigenvalue weighted by molar-refractivity contribution is -0.120. The first kappa shape index (κ1) is 17.1. The number of ether oxygens (including phenoxy) is 1. The van der Waals surface area contributed by atoms with E-state index in [1.165, 1.54) is 6.92 Å². The maximum absolute atomic E-state index is 12.3. The van der Waals surface area contributed by atoms with Crippen LogP contribution in [-0.2, 0) is 9.53 Å². The van der Waals surface area contributed by atoms with Gasteiger partial charge < -0.3 is 15.4 Å². The van der Waals surface area contributed by atoms with Crippen molar-refractivity contribution < 1.29 is 14.3 Å². The lowest BCUT2D eigenvalue weighted by atomic mass is 9.97. The van der Waals surface area contributed by atoms with Crippen LogP contribution in [0.15, 0.2) is 48.8 Å². The van der Waals surface area contributed by atoms with Gasteiger partial charge in [-0.25, -0.2) is 0 Å². The van der Waals surface area contributed by atoms with E-state index < -0.39 is 0 Å². The summed E-state index contributed by atoms with van der Waals surface area (Å²) in [5.74, 6) is -0.204. The smallest absolute Gasteiger partial charge is 0.255 e. The van der Waals surface area contributed by atoms with Gasteiger partial charge in [-0.1, -0.05) is 12.1 Å². The van der Waals surface area contributed by atoms with Gasteiger partial charge >= 0.3 is 0 Å². The van der Waals surface area contributed by atoms with Gasteiger partial charge in [0.25, 0.3) is 5.91 Å². The molecule has 2 atom stereocenters. The van der Waals surface area contributed by atoms with Crippen LogP contribution in [0.5, 0.6) is 0 Å². The third-order valence-electron chi connectivity index (χ3n) is 4.15. The predicted octanol–water partition coefficient (Wildman–Crippen LogP) is 2.69. The molecular formula is C19H21N3O3. The third-order valence-corrected chi connectivity index (χ3v) is 4.15. The van der Waals surface area contributed by atoms with Crippen molar-refractivity contribution in [3.05, 3.63) is 59.9 Å². The molecule has 0 aliphatic carbocycles. The minimum Gasteiger partial charge on any atom is -0.373 e. The highest BCUT2D eigenvalue weighted by Crippen LogP contribution is 2.29. The molecule has 0 radical (unpaired) electrons. The number of anilines is 1. The molecule has 1 aromatic heterocycles. The maximum atomic E-state index is 12.3. The van der Waals surface area contributed by atoms with Crippen molar-refractivity contribution in [2.75, 3.05) is 11.9 Å². The minimum atomic E-state index is -0.180. The fraction of sp³-hybridized carbons (Fsp3) is 0.316. The Morgan fingerprint density at radius 1 is 1.20 bits per heavy atom. The summed E-state index contributed by atoms with van der Waals surface area (Å²) in [7, 11) is 0. The predicted molar refractivity (Wildman–Crippen MR) is 94.2 cm³/mol. The number of carbonyl (C=O) groups excluding carboxylic acids is 2. The van der Waals surface area contributed by atoms with Gasteiger partial charge in [-0.15, -0.1) is 0 Å². The largest absolute Gasteiger partial charge is 0.373 e. The van der Waals surface area contributed by atoms with Crippen molar-refractivity contribution in [1.82, 2.24) is 10.3 Å². The van der Waals surface area contributed by atoms with Crippen LogP contribution in [-0.4, -0.2) is 29.4 Å². The molecule has 1 fully saturated rings. The van der Waals surface area contributed by atoms with Crippen LogP contribution in [0, 0.1) is 0 Å². The summed E-state index contributed by atoms with van der Waals surface area (Å²) in [6.07, 6.45) is 4.62. The molecule has 3 rings (SSSR count). The second-order valence-corrected chi connectivity index (χ2v) is 6.10. The van der Waals surface area contributed by atoms with Gasteiger partial charge in [-0.3, -0.25) is 14.6 Å². The molecule has 1 aromatic carbocycles. The minimum absolute atomic E-state index is 0.0241. The monoisotopic (exact) mass is 339 g/mol. The molecule has 0 saturated carbocycles. The molecule has 0 bridgehead atoms. The highest BCUT2D eigenvalue weighted by molar-refractivity contribution is 6.04. The molecule has 0 spiro atoms. The van der Waals surface area contributed by atoms with Gasteiger partial charge in [0.15, 0.2) is 0 Å². The Bertz CT molecular complexity index is 749. The van der Waals surface area contributed by atoms with Gasteiger partial charge in [-0.05, 0) is 42.7 Å². The van der Waals surface area contributed by atoms with E-state index in [-0.39, 0.29) is 24.0 Å². The first-order valence-electron chi connectivity index (χ1n) is 8.32. The molecular weight excluding hydrogens is 318 g/mol. The standard InChI is InChI=1S/C19H21N3O3/c1-13(23)21-17-7-10-25-18(12-17)15-3-2-4-16(11-15)22-19(24)14-5-8-20-9-6-14/h2-6,8-9,11,17-18H,7,10,12H2,1H3,(H,21,23)(H,22,24)/t17-,18+/m0/s1. The first-order chi connectivity index (χ1) is 12.1. The fourth-order valence-corrected chi connectivity index (χ4v) is 2.97. The Kier molecular flexibility index (Phi) is 5.40. The number of benzene rings is 1. The Morgan fingerprint density at radius 2 is 2.00 bits per heavy atom. The SMILES string of the molecule is CC(=O)N[C@H]1CCO[C@@H](c2cccc(NC(=O)c3ccncc3)c2)C1. The molecule has 2 aromatic rings. The zero-order valence-electron chi connectivity index (χ0n) is 14.1. The summed E-state index contributed by atoms with van der Waals surface area (Å²) in [6, 6.07) is 11.1. The Balaban J connectivity index is 1.69. The fourth-order valence-electron chi connectivity index (χ4n) is 2.97. The summed E-state index contributed by atoms with van der Waals surface area (Å²) >= 11 is 0. The van der Waals surface area contributed by atoms with Crippen molar-refractivity contribution in [2.45, 2.75) is 31.9 Å². The molecule has 6 nitrogen and oxygen atoms in total. The molecule has 25 heavy (non-hydrogen) atoms.